The minimum atomic E-state index is 0.00922. The van der Waals surface area contributed by atoms with Gasteiger partial charge in [-0.15, -0.1) is 0 Å². The average molecular weight is 358 g/mol. The van der Waals surface area contributed by atoms with Crippen LogP contribution in [0.3, 0.4) is 0 Å². The first-order valence-corrected chi connectivity index (χ1v) is 9.62. The molecule has 2 fully saturated rings. The molecule has 2 saturated heterocycles. The van der Waals surface area contributed by atoms with Crippen LogP contribution in [0.25, 0.3) is 0 Å². The second kappa shape index (κ2) is 8.64. The minimum absolute atomic E-state index is 0.00922. The van der Waals surface area contributed by atoms with E-state index in [4.69, 9.17) is 0 Å². The lowest BCUT2D eigenvalue weighted by Crippen LogP contribution is -2.53. The summed E-state index contributed by atoms with van der Waals surface area (Å²) in [6, 6.07) is 5.94. The van der Waals surface area contributed by atoms with Gasteiger partial charge in [-0.25, -0.2) is 0 Å². The Morgan fingerprint density at radius 3 is 2.65 bits per heavy atom. The topological polar surface area (TPSA) is 64.7 Å². The third-order valence-electron chi connectivity index (χ3n) is 5.58. The first-order chi connectivity index (χ1) is 12.5. The van der Waals surface area contributed by atoms with Crippen LogP contribution in [0.2, 0.25) is 0 Å². The molecule has 2 heterocycles. The van der Waals surface area contributed by atoms with Crippen molar-refractivity contribution in [1.29, 1.82) is 0 Å². The predicted octanol–water partition coefficient (Wildman–Crippen LogP) is 1.39. The highest BCUT2D eigenvalue weighted by molar-refractivity contribution is 5.93. The zero-order valence-electron chi connectivity index (χ0n) is 15.9. The van der Waals surface area contributed by atoms with E-state index in [0.29, 0.717) is 19.6 Å². The summed E-state index contributed by atoms with van der Waals surface area (Å²) in [5.74, 6) is 0.412. The highest BCUT2D eigenvalue weighted by Crippen LogP contribution is 2.18. The molecule has 1 aromatic rings. The minimum Gasteiger partial charge on any atom is -0.340 e. The number of carbonyl (C=O) groups excluding carboxylic acids is 2. The summed E-state index contributed by atoms with van der Waals surface area (Å²) >= 11 is 0. The molecular weight excluding hydrogens is 328 g/mol. The largest absolute Gasteiger partial charge is 0.340 e. The molecule has 1 atom stereocenters. The lowest BCUT2D eigenvalue weighted by atomic mass is 9.98. The number of nitrogens with one attached hydrogen (secondary N) is 2. The number of aryl methyl sites for hydroxylation is 1. The van der Waals surface area contributed by atoms with Crippen LogP contribution in [-0.4, -0.2) is 67.4 Å². The maximum Gasteiger partial charge on any atom is 0.238 e. The summed E-state index contributed by atoms with van der Waals surface area (Å²) in [5.41, 5.74) is 3.16. The number of hydrogen-bond acceptors (Lipinski definition) is 4. The van der Waals surface area contributed by atoms with Crippen LogP contribution in [0.1, 0.15) is 24.0 Å². The SMILES string of the molecule is Cc1cccc(NC(=O)CN2CCN(C(=O)C3CCCNC3)CC2)c1C. The maximum atomic E-state index is 12.6. The monoisotopic (exact) mass is 358 g/mol. The smallest absolute Gasteiger partial charge is 0.238 e. The van der Waals surface area contributed by atoms with Gasteiger partial charge in [0.05, 0.1) is 12.5 Å². The molecule has 2 amide bonds. The third kappa shape index (κ3) is 4.62. The Balaban J connectivity index is 1.45. The van der Waals surface area contributed by atoms with E-state index in [-0.39, 0.29) is 17.7 Å². The van der Waals surface area contributed by atoms with Crippen molar-refractivity contribution in [3.63, 3.8) is 0 Å². The van der Waals surface area contributed by atoms with Gasteiger partial charge >= 0.3 is 0 Å². The number of carbonyl (C=O) groups is 2. The second-order valence-electron chi connectivity index (χ2n) is 7.44. The van der Waals surface area contributed by atoms with E-state index < -0.39 is 0 Å². The molecule has 3 rings (SSSR count). The standard InChI is InChI=1S/C20H30N4O2/c1-15-5-3-7-18(16(15)2)22-19(25)14-23-9-11-24(12-10-23)20(26)17-6-4-8-21-13-17/h3,5,7,17,21H,4,6,8-14H2,1-2H3,(H,22,25). The molecule has 26 heavy (non-hydrogen) atoms. The fourth-order valence-corrected chi connectivity index (χ4v) is 3.73. The Morgan fingerprint density at radius 1 is 1.19 bits per heavy atom. The van der Waals surface area contributed by atoms with E-state index >= 15 is 0 Å². The molecule has 0 aliphatic carbocycles. The molecular formula is C20H30N4O2. The number of benzene rings is 1. The Bertz CT molecular complexity index is 647. The summed E-state index contributed by atoms with van der Waals surface area (Å²) in [7, 11) is 0. The third-order valence-corrected chi connectivity index (χ3v) is 5.58. The molecule has 142 valence electrons. The van der Waals surface area contributed by atoms with Crippen LogP contribution in [-0.2, 0) is 9.59 Å². The lowest BCUT2D eigenvalue weighted by Gasteiger charge is -2.37. The summed E-state index contributed by atoms with van der Waals surface area (Å²) < 4.78 is 0. The molecule has 0 aromatic heterocycles. The van der Waals surface area contributed by atoms with E-state index in [9.17, 15) is 9.59 Å². The summed E-state index contributed by atoms with van der Waals surface area (Å²) in [6.07, 6.45) is 2.07. The Hall–Kier alpha value is -1.92. The van der Waals surface area contributed by atoms with Gasteiger partial charge in [-0.1, -0.05) is 12.1 Å². The predicted molar refractivity (Wildman–Crippen MR) is 103 cm³/mol. The molecule has 0 bridgehead atoms. The van der Waals surface area contributed by atoms with Crippen LogP contribution < -0.4 is 10.6 Å². The van der Waals surface area contributed by atoms with Gasteiger partial charge in [0.15, 0.2) is 0 Å². The Morgan fingerprint density at radius 2 is 1.96 bits per heavy atom. The van der Waals surface area contributed by atoms with Crippen molar-refractivity contribution in [2.75, 3.05) is 51.1 Å². The molecule has 1 unspecified atom stereocenters. The van der Waals surface area contributed by atoms with Crippen molar-refractivity contribution < 1.29 is 9.59 Å². The van der Waals surface area contributed by atoms with Crippen LogP contribution in [0.15, 0.2) is 18.2 Å². The van der Waals surface area contributed by atoms with Crippen molar-refractivity contribution in [3.8, 4) is 0 Å². The van der Waals surface area contributed by atoms with Crippen molar-refractivity contribution in [2.45, 2.75) is 26.7 Å². The number of anilines is 1. The quantitative estimate of drug-likeness (QED) is 0.854. The lowest BCUT2D eigenvalue weighted by molar-refractivity contribution is -0.137. The van der Waals surface area contributed by atoms with E-state index in [2.05, 4.69) is 15.5 Å². The zero-order valence-corrected chi connectivity index (χ0v) is 15.9. The number of amides is 2. The van der Waals surface area contributed by atoms with Gasteiger partial charge in [-0.3, -0.25) is 14.5 Å². The highest BCUT2D eigenvalue weighted by atomic mass is 16.2. The van der Waals surface area contributed by atoms with Gasteiger partial charge in [0, 0.05) is 38.4 Å². The van der Waals surface area contributed by atoms with Crippen molar-refractivity contribution in [3.05, 3.63) is 29.3 Å². The van der Waals surface area contributed by atoms with Gasteiger partial charge in [-0.05, 0) is 50.4 Å². The molecule has 6 nitrogen and oxygen atoms in total. The molecule has 2 N–H and O–H groups in total. The number of piperidine rings is 1. The normalized spacial score (nSPS) is 21.5. The van der Waals surface area contributed by atoms with E-state index in [0.717, 1.165) is 50.3 Å². The molecule has 2 aliphatic heterocycles. The number of piperazine rings is 1. The van der Waals surface area contributed by atoms with Crippen LogP contribution >= 0.6 is 0 Å². The van der Waals surface area contributed by atoms with Gasteiger partial charge in [0.25, 0.3) is 0 Å². The average Bonchev–Trinajstić information content (AvgIpc) is 2.66. The summed E-state index contributed by atoms with van der Waals surface area (Å²) in [4.78, 5) is 29.0. The van der Waals surface area contributed by atoms with E-state index in [1.807, 2.05) is 36.9 Å². The van der Waals surface area contributed by atoms with Crippen LogP contribution in [0.4, 0.5) is 5.69 Å². The zero-order chi connectivity index (χ0) is 18.5. The van der Waals surface area contributed by atoms with Gasteiger partial charge < -0.3 is 15.5 Å². The van der Waals surface area contributed by atoms with Crippen LogP contribution in [0.5, 0.6) is 0 Å². The molecule has 6 heteroatoms. The highest BCUT2D eigenvalue weighted by Gasteiger charge is 2.28. The van der Waals surface area contributed by atoms with Crippen molar-refractivity contribution >= 4 is 17.5 Å². The number of rotatable bonds is 4. The van der Waals surface area contributed by atoms with Crippen LogP contribution in [0, 0.1) is 19.8 Å². The molecule has 2 aliphatic rings. The molecule has 0 saturated carbocycles. The number of hydrogen-bond donors (Lipinski definition) is 2. The molecule has 0 radical (unpaired) electrons. The summed E-state index contributed by atoms with van der Waals surface area (Å²) in [6.45, 7) is 9.21. The van der Waals surface area contributed by atoms with Crippen molar-refractivity contribution in [1.82, 2.24) is 15.1 Å². The van der Waals surface area contributed by atoms with Gasteiger partial charge in [0.1, 0.15) is 0 Å². The Labute approximate surface area is 155 Å². The second-order valence-corrected chi connectivity index (χ2v) is 7.44. The number of nitrogens with zero attached hydrogens (tertiary/aromatic N) is 2. The molecule has 0 spiro atoms. The summed E-state index contributed by atoms with van der Waals surface area (Å²) in [5, 5.41) is 6.33. The maximum absolute atomic E-state index is 12.6. The Kier molecular flexibility index (Phi) is 6.27. The van der Waals surface area contributed by atoms with Gasteiger partial charge in [0.2, 0.25) is 11.8 Å². The fraction of sp³-hybridized carbons (Fsp3) is 0.600. The molecule has 1 aromatic carbocycles. The van der Waals surface area contributed by atoms with Crippen molar-refractivity contribution in [2.24, 2.45) is 5.92 Å². The first kappa shape index (κ1) is 18.9. The fourth-order valence-electron chi connectivity index (χ4n) is 3.73. The van der Waals surface area contributed by atoms with Gasteiger partial charge in [-0.2, -0.15) is 0 Å². The van der Waals surface area contributed by atoms with E-state index in [1.165, 1.54) is 5.56 Å². The first-order valence-electron chi connectivity index (χ1n) is 9.62. The van der Waals surface area contributed by atoms with E-state index in [1.54, 1.807) is 0 Å².